The number of nitrogens with zero attached hydrogens (tertiary/aromatic N) is 1. The van der Waals surface area contributed by atoms with Crippen LogP contribution < -0.4 is 0 Å². The van der Waals surface area contributed by atoms with Gasteiger partial charge in [0.25, 0.3) is 5.91 Å². The van der Waals surface area contributed by atoms with Crippen molar-refractivity contribution in [2.45, 2.75) is 57.8 Å². The third-order valence-electron chi connectivity index (χ3n) is 4.70. The van der Waals surface area contributed by atoms with Gasteiger partial charge in [0.1, 0.15) is 17.4 Å². The number of fused-ring (bicyclic) bond motifs is 1. The molecule has 2 saturated heterocycles. The highest BCUT2D eigenvalue weighted by Gasteiger charge is 2.62. The number of thioether (sulfide) groups is 2. The monoisotopic (exact) mass is 491 g/mol. The van der Waals surface area contributed by atoms with E-state index in [-0.39, 0.29) is 22.3 Å². The Kier molecular flexibility index (Phi) is 6.58. The molecule has 3 aliphatic heterocycles. The van der Waals surface area contributed by atoms with Gasteiger partial charge in [-0.05, 0) is 27.7 Å². The number of sulfone groups is 1. The summed E-state index contributed by atoms with van der Waals surface area (Å²) in [4.78, 5) is 37.7. The zero-order valence-corrected chi connectivity index (χ0v) is 20.5. The van der Waals surface area contributed by atoms with Crippen LogP contribution in [0.5, 0.6) is 0 Å². The molecular weight excluding hydrogens is 466 g/mol. The van der Waals surface area contributed by atoms with Crippen molar-refractivity contribution in [1.82, 2.24) is 4.90 Å². The van der Waals surface area contributed by atoms with Crippen LogP contribution in [0.25, 0.3) is 0 Å². The third kappa shape index (κ3) is 4.39. The smallest absolute Gasteiger partial charge is 0.355 e. The number of carbonyl (C=O) groups is 3. The highest BCUT2D eigenvalue weighted by molar-refractivity contribution is 8.23. The standard InChI is InChI=1S/C19H25NO8S3/c1-9-12(17(23)28-19(3,4)5)20-15(22)13(26-6)16(20)31(24,25)14(9)18-29-7-11(8-30-18)27-10(2)21/h11,13,16H,7-8H2,1-6H3/t11?,13-,16?/m0/s1. The average Bonchev–Trinajstić information content (AvgIpc) is 2.62. The number of hydrogen-bond acceptors (Lipinski definition) is 10. The molecule has 1 unspecified atom stereocenters. The summed E-state index contributed by atoms with van der Waals surface area (Å²) in [6.07, 6.45) is -1.54. The molecule has 172 valence electrons. The molecule has 31 heavy (non-hydrogen) atoms. The minimum Gasteiger partial charge on any atom is -0.461 e. The Bertz CT molecular complexity index is 982. The Hall–Kier alpha value is -1.50. The summed E-state index contributed by atoms with van der Waals surface area (Å²) in [5.41, 5.74) is -0.753. The van der Waals surface area contributed by atoms with Crippen LogP contribution in [0.2, 0.25) is 0 Å². The molecule has 2 fully saturated rings. The molecule has 0 spiro atoms. The van der Waals surface area contributed by atoms with Gasteiger partial charge in [-0.1, -0.05) is 0 Å². The van der Waals surface area contributed by atoms with Crippen LogP contribution in [0.3, 0.4) is 0 Å². The molecule has 0 aromatic carbocycles. The molecule has 2 atom stereocenters. The minimum atomic E-state index is -4.01. The molecule has 9 nitrogen and oxygen atoms in total. The molecule has 3 rings (SSSR count). The first-order valence-corrected chi connectivity index (χ1v) is 13.0. The SMILES string of the molecule is CO[C@H]1C(=O)N2C(C(=O)OC(C)(C)C)=C(C)C(=C3SCC(OC(C)=O)CS3)S(=O)(=O)C12. The summed E-state index contributed by atoms with van der Waals surface area (Å²) >= 11 is 2.49. The summed E-state index contributed by atoms with van der Waals surface area (Å²) in [5, 5.41) is -1.33. The Morgan fingerprint density at radius 3 is 2.23 bits per heavy atom. The van der Waals surface area contributed by atoms with Gasteiger partial charge in [0.05, 0.1) is 9.14 Å². The van der Waals surface area contributed by atoms with E-state index >= 15 is 0 Å². The van der Waals surface area contributed by atoms with Crippen molar-refractivity contribution in [3.8, 4) is 0 Å². The third-order valence-corrected chi connectivity index (χ3v) is 9.85. The van der Waals surface area contributed by atoms with Gasteiger partial charge in [-0.25, -0.2) is 13.2 Å². The van der Waals surface area contributed by atoms with E-state index < -0.39 is 44.8 Å². The summed E-state index contributed by atoms with van der Waals surface area (Å²) in [6.45, 7) is 7.89. The number of hydrogen-bond donors (Lipinski definition) is 0. The first kappa shape index (κ1) is 24.1. The van der Waals surface area contributed by atoms with Crippen LogP contribution in [-0.2, 0) is 38.4 Å². The van der Waals surface area contributed by atoms with E-state index in [1.165, 1.54) is 44.5 Å². The zero-order valence-electron chi connectivity index (χ0n) is 18.1. The van der Waals surface area contributed by atoms with E-state index in [0.29, 0.717) is 15.7 Å². The van der Waals surface area contributed by atoms with E-state index in [1.807, 2.05) is 0 Å². The van der Waals surface area contributed by atoms with E-state index in [2.05, 4.69) is 0 Å². The average molecular weight is 492 g/mol. The first-order valence-electron chi connectivity index (χ1n) is 9.51. The molecule has 0 aromatic heterocycles. The number of β-lactam (4-membered cyclic amide) rings is 1. The second kappa shape index (κ2) is 8.45. The topological polar surface area (TPSA) is 116 Å². The first-order chi connectivity index (χ1) is 14.3. The van der Waals surface area contributed by atoms with Gasteiger partial charge in [-0.2, -0.15) is 0 Å². The highest BCUT2D eigenvalue weighted by atomic mass is 32.2. The highest BCUT2D eigenvalue weighted by Crippen LogP contribution is 2.49. The second-order valence-corrected chi connectivity index (χ2v) is 12.5. The van der Waals surface area contributed by atoms with E-state index in [1.54, 1.807) is 20.8 Å². The maximum Gasteiger partial charge on any atom is 0.355 e. The Morgan fingerprint density at radius 2 is 1.74 bits per heavy atom. The molecule has 1 amide bonds. The molecule has 3 heterocycles. The number of ether oxygens (including phenoxy) is 3. The van der Waals surface area contributed by atoms with E-state index in [4.69, 9.17) is 14.2 Å². The van der Waals surface area contributed by atoms with Crippen LogP contribution in [0, 0.1) is 0 Å². The lowest BCUT2D eigenvalue weighted by Gasteiger charge is -2.49. The predicted octanol–water partition coefficient (Wildman–Crippen LogP) is 1.79. The summed E-state index contributed by atoms with van der Waals surface area (Å²) in [5.74, 6) is -0.996. The Labute approximate surface area is 189 Å². The molecule has 3 aliphatic rings. The predicted molar refractivity (Wildman–Crippen MR) is 116 cm³/mol. The van der Waals surface area contributed by atoms with Gasteiger partial charge < -0.3 is 14.2 Å². The Balaban J connectivity index is 2.09. The summed E-state index contributed by atoms with van der Waals surface area (Å²) < 4.78 is 43.3. The largest absolute Gasteiger partial charge is 0.461 e. The van der Waals surface area contributed by atoms with E-state index in [0.717, 1.165) is 4.90 Å². The minimum absolute atomic E-state index is 0.000402. The fraction of sp³-hybridized carbons (Fsp3) is 0.632. The fourth-order valence-electron chi connectivity index (χ4n) is 3.52. The molecule has 0 saturated carbocycles. The van der Waals surface area contributed by atoms with Crippen molar-refractivity contribution in [1.29, 1.82) is 0 Å². The van der Waals surface area contributed by atoms with Crippen molar-refractivity contribution in [2.75, 3.05) is 18.6 Å². The maximum absolute atomic E-state index is 13.5. The van der Waals surface area contributed by atoms with Gasteiger partial charge in [0.2, 0.25) is 9.84 Å². The number of methoxy groups -OCH3 is 1. The van der Waals surface area contributed by atoms with Crippen molar-refractivity contribution in [3.05, 3.63) is 20.4 Å². The lowest BCUT2D eigenvalue weighted by atomic mass is 10.0. The molecule has 0 aromatic rings. The fourth-order valence-corrected chi connectivity index (χ4v) is 9.12. The lowest BCUT2D eigenvalue weighted by Crippen LogP contribution is -2.70. The number of rotatable bonds is 3. The molecule has 12 heteroatoms. The zero-order chi connectivity index (χ0) is 23.3. The molecule has 0 aliphatic carbocycles. The Morgan fingerprint density at radius 1 is 1.16 bits per heavy atom. The van der Waals surface area contributed by atoms with Gasteiger partial charge in [-0.15, -0.1) is 23.5 Å². The van der Waals surface area contributed by atoms with Gasteiger partial charge in [-0.3, -0.25) is 14.5 Å². The van der Waals surface area contributed by atoms with Gasteiger partial charge in [0, 0.05) is 31.1 Å². The van der Waals surface area contributed by atoms with Gasteiger partial charge in [0.15, 0.2) is 11.5 Å². The van der Waals surface area contributed by atoms with Crippen LogP contribution in [0.4, 0.5) is 0 Å². The van der Waals surface area contributed by atoms with Crippen molar-refractivity contribution in [3.63, 3.8) is 0 Å². The normalized spacial score (nSPS) is 28.1. The van der Waals surface area contributed by atoms with Crippen molar-refractivity contribution < 1.29 is 37.0 Å². The second-order valence-electron chi connectivity index (χ2n) is 8.25. The lowest BCUT2D eigenvalue weighted by molar-refractivity contribution is -0.167. The quantitative estimate of drug-likeness (QED) is 0.427. The van der Waals surface area contributed by atoms with Crippen LogP contribution in [-0.4, -0.2) is 73.0 Å². The number of carbonyl (C=O) groups excluding carboxylic acids is 3. The van der Waals surface area contributed by atoms with E-state index in [9.17, 15) is 22.8 Å². The van der Waals surface area contributed by atoms with Gasteiger partial charge >= 0.3 is 11.9 Å². The van der Waals surface area contributed by atoms with Crippen LogP contribution in [0.15, 0.2) is 20.4 Å². The molecular formula is C19H25NO8S3. The van der Waals surface area contributed by atoms with Crippen LogP contribution in [0.1, 0.15) is 34.6 Å². The molecule has 0 bridgehead atoms. The number of allylic oxidation sites excluding steroid dienone is 1. The molecule has 0 radical (unpaired) electrons. The maximum atomic E-state index is 13.5. The van der Waals surface area contributed by atoms with Crippen molar-refractivity contribution >= 4 is 51.2 Å². The number of esters is 2. The molecule has 0 N–H and O–H groups in total. The number of amides is 1. The summed E-state index contributed by atoms with van der Waals surface area (Å²) in [7, 11) is -2.76. The van der Waals surface area contributed by atoms with Crippen molar-refractivity contribution in [2.24, 2.45) is 0 Å². The summed E-state index contributed by atoms with van der Waals surface area (Å²) in [6, 6.07) is 0. The van der Waals surface area contributed by atoms with Crippen LogP contribution >= 0.6 is 23.5 Å².